The zero-order chi connectivity index (χ0) is 17.5. The maximum atomic E-state index is 13.6. The average molecular weight is 338 g/mol. The fourth-order valence-electron chi connectivity index (χ4n) is 1.33. The standard InChI is InChI=1S/C10H13F10N/c1-5(2)3-4-6(11,21)7(12,13)8(14,15)9(16,17)10(18,19)20/h5H,3-4,21H2,1-2H3/p+1. The smallest absolute Gasteiger partial charge is 0.321 e. The molecule has 0 aromatic rings. The predicted molar refractivity (Wildman–Crippen MR) is 51.7 cm³/mol. The normalized spacial score (nSPS) is 18.0. The quantitative estimate of drug-likeness (QED) is 0.564. The monoisotopic (exact) mass is 338 g/mol. The van der Waals surface area contributed by atoms with E-state index < -0.39 is 48.5 Å². The molecule has 0 radical (unpaired) electrons. The highest BCUT2D eigenvalue weighted by Gasteiger charge is 2.87. The van der Waals surface area contributed by atoms with E-state index in [0.29, 0.717) is 0 Å². The van der Waals surface area contributed by atoms with Gasteiger partial charge in [0.2, 0.25) is 0 Å². The van der Waals surface area contributed by atoms with Crippen LogP contribution in [0, 0.1) is 5.92 Å². The summed E-state index contributed by atoms with van der Waals surface area (Å²) in [6.07, 6.45) is -8.82. The average Bonchev–Trinajstić information content (AvgIpc) is 2.24. The number of halogens is 10. The van der Waals surface area contributed by atoms with E-state index in [2.05, 4.69) is 5.73 Å². The van der Waals surface area contributed by atoms with Crippen LogP contribution in [0.3, 0.4) is 0 Å². The lowest BCUT2D eigenvalue weighted by molar-refractivity contribution is -0.591. The number of quaternary nitrogens is 1. The van der Waals surface area contributed by atoms with Crippen molar-refractivity contribution >= 4 is 0 Å². The minimum Gasteiger partial charge on any atom is -0.321 e. The second-order valence-corrected chi connectivity index (χ2v) is 5.12. The van der Waals surface area contributed by atoms with E-state index in [-0.39, 0.29) is 0 Å². The minimum atomic E-state index is -7.10. The number of hydrogen-bond donors (Lipinski definition) is 1. The maximum absolute atomic E-state index is 13.6. The molecule has 128 valence electrons. The molecule has 0 aliphatic carbocycles. The molecule has 1 nitrogen and oxygen atoms in total. The highest BCUT2D eigenvalue weighted by atomic mass is 19.4. The Hall–Kier alpha value is -0.740. The summed E-state index contributed by atoms with van der Waals surface area (Å²) in [7, 11) is 0. The third-order valence-corrected chi connectivity index (χ3v) is 2.83. The van der Waals surface area contributed by atoms with Gasteiger partial charge in [0.1, 0.15) is 0 Å². The van der Waals surface area contributed by atoms with Crippen molar-refractivity contribution in [2.45, 2.75) is 56.4 Å². The van der Waals surface area contributed by atoms with E-state index in [9.17, 15) is 43.9 Å². The summed E-state index contributed by atoms with van der Waals surface area (Å²) in [5.41, 5.74) is 2.08. The fourth-order valence-corrected chi connectivity index (χ4v) is 1.33. The molecule has 21 heavy (non-hydrogen) atoms. The zero-order valence-electron chi connectivity index (χ0n) is 11.0. The molecule has 0 aliphatic rings. The molecule has 0 rings (SSSR count). The van der Waals surface area contributed by atoms with Gasteiger partial charge in [-0.05, 0) is 12.3 Å². The van der Waals surface area contributed by atoms with Gasteiger partial charge in [-0.1, -0.05) is 13.8 Å². The Balaban J connectivity index is 5.66. The van der Waals surface area contributed by atoms with Crippen LogP contribution in [0.25, 0.3) is 0 Å². The van der Waals surface area contributed by atoms with Gasteiger partial charge in [-0.15, -0.1) is 0 Å². The molecule has 1 unspecified atom stereocenters. The second kappa shape index (κ2) is 5.47. The molecular weight excluding hydrogens is 324 g/mol. The van der Waals surface area contributed by atoms with E-state index >= 15 is 0 Å². The van der Waals surface area contributed by atoms with Gasteiger partial charge in [-0.2, -0.15) is 43.9 Å². The van der Waals surface area contributed by atoms with Crippen molar-refractivity contribution in [2.75, 3.05) is 0 Å². The zero-order valence-corrected chi connectivity index (χ0v) is 11.0. The van der Waals surface area contributed by atoms with Crippen molar-refractivity contribution in [2.24, 2.45) is 5.92 Å². The van der Waals surface area contributed by atoms with Gasteiger partial charge in [-0.3, -0.25) is 0 Å². The molecule has 0 aromatic carbocycles. The Morgan fingerprint density at radius 2 is 1.10 bits per heavy atom. The van der Waals surface area contributed by atoms with Gasteiger partial charge in [0.15, 0.2) is 0 Å². The van der Waals surface area contributed by atoms with E-state index in [1.807, 2.05) is 0 Å². The summed E-state index contributed by atoms with van der Waals surface area (Å²) in [5.74, 6) is -25.3. The summed E-state index contributed by atoms with van der Waals surface area (Å²) >= 11 is 0. The third-order valence-electron chi connectivity index (χ3n) is 2.83. The van der Waals surface area contributed by atoms with Crippen LogP contribution in [0.4, 0.5) is 43.9 Å². The lowest BCUT2D eigenvalue weighted by Gasteiger charge is -2.37. The topological polar surface area (TPSA) is 27.6 Å². The van der Waals surface area contributed by atoms with Crippen LogP contribution < -0.4 is 5.73 Å². The first-order valence-corrected chi connectivity index (χ1v) is 5.66. The molecule has 11 heteroatoms. The molecule has 0 fully saturated rings. The Bertz CT molecular complexity index is 357. The molecule has 0 saturated carbocycles. The van der Waals surface area contributed by atoms with Crippen LogP contribution in [-0.2, 0) is 0 Å². The molecule has 3 N–H and O–H groups in total. The molecule has 0 bridgehead atoms. The highest BCUT2D eigenvalue weighted by Crippen LogP contribution is 2.56. The van der Waals surface area contributed by atoms with Gasteiger partial charge in [-0.25, -0.2) is 0 Å². The van der Waals surface area contributed by atoms with Crippen LogP contribution in [0.5, 0.6) is 0 Å². The lowest BCUT2D eigenvalue weighted by atomic mass is 9.90. The number of rotatable bonds is 6. The Morgan fingerprint density at radius 1 is 0.714 bits per heavy atom. The summed E-state index contributed by atoms with van der Waals surface area (Å²) in [5, 5.41) is 0. The maximum Gasteiger partial charge on any atom is 0.460 e. The molecule has 0 spiro atoms. The fraction of sp³-hybridized carbons (Fsp3) is 1.00. The first-order chi connectivity index (χ1) is 8.92. The molecule has 0 aromatic heterocycles. The second-order valence-electron chi connectivity index (χ2n) is 5.12. The van der Waals surface area contributed by atoms with Gasteiger partial charge >= 0.3 is 29.7 Å². The van der Waals surface area contributed by atoms with Gasteiger partial charge in [0.25, 0.3) is 0 Å². The van der Waals surface area contributed by atoms with Crippen molar-refractivity contribution in [3.63, 3.8) is 0 Å². The van der Waals surface area contributed by atoms with E-state index in [4.69, 9.17) is 0 Å². The van der Waals surface area contributed by atoms with Crippen LogP contribution >= 0.6 is 0 Å². The first kappa shape index (κ1) is 20.3. The molecule has 0 heterocycles. The van der Waals surface area contributed by atoms with E-state index in [1.165, 1.54) is 13.8 Å². The predicted octanol–water partition coefficient (Wildman–Crippen LogP) is 3.80. The van der Waals surface area contributed by atoms with Crippen LogP contribution in [-0.4, -0.2) is 29.7 Å². The molecular formula is C10H14F10N+. The van der Waals surface area contributed by atoms with Crippen molar-refractivity contribution in [1.82, 2.24) is 0 Å². The summed E-state index contributed by atoms with van der Waals surface area (Å²) in [6, 6.07) is 0. The summed E-state index contributed by atoms with van der Waals surface area (Å²) in [4.78, 5) is 0. The molecule has 0 amide bonds. The van der Waals surface area contributed by atoms with Crippen molar-refractivity contribution < 1.29 is 49.6 Å². The van der Waals surface area contributed by atoms with Gasteiger partial charge in [0.05, 0.1) is 0 Å². The summed E-state index contributed by atoms with van der Waals surface area (Å²) in [6.45, 7) is 2.77. The van der Waals surface area contributed by atoms with Crippen molar-refractivity contribution in [3.8, 4) is 0 Å². The Labute approximate surface area is 113 Å². The molecule has 0 aliphatic heterocycles. The highest BCUT2D eigenvalue weighted by molar-refractivity contribution is 5.05. The van der Waals surface area contributed by atoms with Gasteiger partial charge < -0.3 is 5.73 Å². The lowest BCUT2D eigenvalue weighted by Crippen LogP contribution is -2.83. The third kappa shape index (κ3) is 3.37. The number of hydrogen-bond acceptors (Lipinski definition) is 0. The van der Waals surface area contributed by atoms with Crippen molar-refractivity contribution in [3.05, 3.63) is 0 Å². The first-order valence-electron chi connectivity index (χ1n) is 5.66. The molecule has 1 atom stereocenters. The Kier molecular flexibility index (Phi) is 5.28. The van der Waals surface area contributed by atoms with Gasteiger partial charge in [0, 0.05) is 6.42 Å². The largest absolute Gasteiger partial charge is 0.460 e. The van der Waals surface area contributed by atoms with E-state index in [0.717, 1.165) is 0 Å². The van der Waals surface area contributed by atoms with Crippen LogP contribution in [0.15, 0.2) is 0 Å². The SMILES string of the molecule is CC(C)CCC([NH3+])(F)C(F)(F)C(F)(F)C(F)(F)C(F)(F)F. The molecule has 0 saturated heterocycles. The number of alkyl halides is 10. The Morgan fingerprint density at radius 3 is 1.38 bits per heavy atom. The minimum absolute atomic E-state index is 0.455. The summed E-state index contributed by atoms with van der Waals surface area (Å²) < 4.78 is 127. The van der Waals surface area contributed by atoms with Crippen LogP contribution in [0.1, 0.15) is 26.7 Å². The van der Waals surface area contributed by atoms with Crippen LogP contribution in [0.2, 0.25) is 0 Å². The van der Waals surface area contributed by atoms with Crippen molar-refractivity contribution in [1.29, 1.82) is 0 Å². The van der Waals surface area contributed by atoms with E-state index in [1.54, 1.807) is 0 Å².